The fourth-order valence-electron chi connectivity index (χ4n) is 3.83. The average molecular weight is 302 g/mol. The van der Waals surface area contributed by atoms with E-state index in [1.165, 1.54) is 11.3 Å². The maximum Gasteiger partial charge on any atom is 0.0376 e. The van der Waals surface area contributed by atoms with Crippen LogP contribution in [0.25, 0.3) is 0 Å². The zero-order chi connectivity index (χ0) is 15.5. The first-order valence-electron chi connectivity index (χ1n) is 8.71. The Hall–Kier alpha value is -1.10. The number of nitrogens with zero attached hydrogens (tertiary/aromatic N) is 3. The van der Waals surface area contributed by atoms with Crippen molar-refractivity contribution in [3.8, 4) is 0 Å². The number of piperidine rings is 1. The number of hydrogen-bond donors (Lipinski definition) is 1. The normalized spacial score (nSPS) is 28.0. The van der Waals surface area contributed by atoms with Crippen molar-refractivity contribution < 1.29 is 0 Å². The molecule has 122 valence electrons. The Bertz CT molecular complexity index is 482. The Balaban J connectivity index is 1.59. The summed E-state index contributed by atoms with van der Waals surface area (Å²) in [5.41, 5.74) is 9.11. The molecule has 2 fully saturated rings. The van der Waals surface area contributed by atoms with Crippen LogP contribution in [-0.2, 0) is 0 Å². The van der Waals surface area contributed by atoms with Gasteiger partial charge in [0.05, 0.1) is 0 Å². The quantitative estimate of drug-likeness (QED) is 0.919. The summed E-state index contributed by atoms with van der Waals surface area (Å²) < 4.78 is 0. The van der Waals surface area contributed by atoms with Gasteiger partial charge in [-0.25, -0.2) is 0 Å². The predicted molar refractivity (Wildman–Crippen MR) is 93.5 cm³/mol. The minimum Gasteiger partial charge on any atom is -0.369 e. The van der Waals surface area contributed by atoms with Gasteiger partial charge in [-0.1, -0.05) is 19.1 Å². The molecule has 1 aromatic carbocycles. The lowest BCUT2D eigenvalue weighted by atomic mass is 9.98. The number of hydrogen-bond acceptors (Lipinski definition) is 4. The molecule has 1 aromatic rings. The number of benzene rings is 1. The first kappa shape index (κ1) is 15.8. The molecule has 2 atom stereocenters. The van der Waals surface area contributed by atoms with Crippen LogP contribution in [0.1, 0.15) is 18.9 Å². The molecule has 22 heavy (non-hydrogen) atoms. The molecule has 0 amide bonds. The van der Waals surface area contributed by atoms with E-state index in [1.807, 2.05) is 0 Å². The molecule has 2 saturated heterocycles. The van der Waals surface area contributed by atoms with E-state index in [-0.39, 0.29) is 0 Å². The molecule has 2 heterocycles. The molecule has 2 unspecified atom stereocenters. The van der Waals surface area contributed by atoms with E-state index < -0.39 is 0 Å². The maximum atomic E-state index is 6.41. The third kappa shape index (κ3) is 3.45. The minimum absolute atomic E-state index is 0.341. The lowest BCUT2D eigenvalue weighted by Gasteiger charge is -2.46. The molecular formula is C18H30N4. The van der Waals surface area contributed by atoms with E-state index in [2.05, 4.69) is 52.8 Å². The summed E-state index contributed by atoms with van der Waals surface area (Å²) in [7, 11) is 0. The van der Waals surface area contributed by atoms with Crippen molar-refractivity contribution in [2.24, 2.45) is 5.73 Å². The van der Waals surface area contributed by atoms with E-state index >= 15 is 0 Å². The van der Waals surface area contributed by atoms with E-state index in [9.17, 15) is 0 Å². The number of aryl methyl sites for hydroxylation is 1. The van der Waals surface area contributed by atoms with Gasteiger partial charge in [0.15, 0.2) is 0 Å². The van der Waals surface area contributed by atoms with Crippen molar-refractivity contribution >= 4 is 5.69 Å². The van der Waals surface area contributed by atoms with Crippen molar-refractivity contribution in [3.63, 3.8) is 0 Å². The number of rotatable bonds is 3. The van der Waals surface area contributed by atoms with Crippen LogP contribution < -0.4 is 10.6 Å². The summed E-state index contributed by atoms with van der Waals surface area (Å²) in [5, 5.41) is 0. The second kappa shape index (κ2) is 6.99. The van der Waals surface area contributed by atoms with Gasteiger partial charge in [0.25, 0.3) is 0 Å². The van der Waals surface area contributed by atoms with Gasteiger partial charge in [0.1, 0.15) is 0 Å². The largest absolute Gasteiger partial charge is 0.369 e. The number of piperazine rings is 1. The van der Waals surface area contributed by atoms with Gasteiger partial charge >= 0.3 is 0 Å². The Morgan fingerprint density at radius 2 is 1.91 bits per heavy atom. The maximum absolute atomic E-state index is 6.41. The van der Waals surface area contributed by atoms with Gasteiger partial charge in [-0.2, -0.15) is 0 Å². The van der Waals surface area contributed by atoms with Crippen molar-refractivity contribution in [2.75, 3.05) is 50.7 Å². The summed E-state index contributed by atoms with van der Waals surface area (Å²) >= 11 is 0. The molecule has 2 N–H and O–H groups in total. The van der Waals surface area contributed by atoms with E-state index in [0.717, 1.165) is 52.2 Å². The smallest absolute Gasteiger partial charge is 0.0376 e. The highest BCUT2D eigenvalue weighted by atomic mass is 15.3. The lowest BCUT2D eigenvalue weighted by molar-refractivity contribution is 0.0801. The standard InChI is InChI=1S/C18H30N4/c1-3-20-8-7-17(19)18(14-20)22-11-9-21(10-12-22)16-6-4-5-15(2)13-16/h4-6,13,17-18H,3,7-12,14,19H2,1-2H3. The molecule has 3 rings (SSSR count). The Labute approximate surface area is 134 Å². The predicted octanol–water partition coefficient (Wildman–Crippen LogP) is 1.54. The number of likely N-dealkylation sites (N-methyl/N-ethyl adjacent to an activating group) is 1. The average Bonchev–Trinajstić information content (AvgIpc) is 2.55. The zero-order valence-electron chi connectivity index (χ0n) is 14.0. The topological polar surface area (TPSA) is 35.7 Å². The number of likely N-dealkylation sites (tertiary alicyclic amines) is 1. The van der Waals surface area contributed by atoms with Crippen LogP contribution in [-0.4, -0.2) is 67.7 Å². The molecule has 4 nitrogen and oxygen atoms in total. The second-order valence-electron chi connectivity index (χ2n) is 6.78. The van der Waals surface area contributed by atoms with Gasteiger partial charge in [-0.3, -0.25) is 4.90 Å². The van der Waals surface area contributed by atoms with Gasteiger partial charge in [0, 0.05) is 50.5 Å². The van der Waals surface area contributed by atoms with Gasteiger partial charge in [0.2, 0.25) is 0 Å². The molecule has 2 aliphatic rings. The summed E-state index contributed by atoms with van der Waals surface area (Å²) in [5.74, 6) is 0. The van der Waals surface area contributed by atoms with Crippen molar-refractivity contribution in [3.05, 3.63) is 29.8 Å². The number of nitrogens with two attached hydrogens (primary N) is 1. The van der Waals surface area contributed by atoms with Crippen LogP contribution in [0.3, 0.4) is 0 Å². The van der Waals surface area contributed by atoms with Crippen LogP contribution in [0.2, 0.25) is 0 Å². The monoisotopic (exact) mass is 302 g/mol. The molecule has 0 bridgehead atoms. The summed E-state index contributed by atoms with van der Waals surface area (Å²) in [6.45, 7) is 12.3. The fourth-order valence-corrected chi connectivity index (χ4v) is 3.83. The molecule has 4 heteroatoms. The zero-order valence-corrected chi connectivity index (χ0v) is 14.0. The first-order chi connectivity index (χ1) is 10.7. The summed E-state index contributed by atoms with van der Waals surface area (Å²) in [6, 6.07) is 9.73. The van der Waals surface area contributed by atoms with Crippen LogP contribution in [0.5, 0.6) is 0 Å². The molecular weight excluding hydrogens is 272 g/mol. The van der Waals surface area contributed by atoms with Gasteiger partial charge < -0.3 is 15.5 Å². The minimum atomic E-state index is 0.341. The van der Waals surface area contributed by atoms with Crippen molar-refractivity contribution in [1.29, 1.82) is 0 Å². The van der Waals surface area contributed by atoms with E-state index in [1.54, 1.807) is 0 Å². The third-order valence-electron chi connectivity index (χ3n) is 5.32. The van der Waals surface area contributed by atoms with E-state index in [4.69, 9.17) is 5.73 Å². The lowest BCUT2D eigenvalue weighted by Crippen LogP contribution is -2.62. The highest BCUT2D eigenvalue weighted by molar-refractivity contribution is 5.48. The van der Waals surface area contributed by atoms with E-state index in [0.29, 0.717) is 12.1 Å². The van der Waals surface area contributed by atoms with Crippen molar-refractivity contribution in [1.82, 2.24) is 9.80 Å². The van der Waals surface area contributed by atoms with Crippen molar-refractivity contribution in [2.45, 2.75) is 32.4 Å². The molecule has 2 aliphatic heterocycles. The Kier molecular flexibility index (Phi) is 5.01. The molecule has 0 aliphatic carbocycles. The first-order valence-corrected chi connectivity index (χ1v) is 8.71. The number of anilines is 1. The van der Waals surface area contributed by atoms with Crippen LogP contribution in [0, 0.1) is 6.92 Å². The van der Waals surface area contributed by atoms with Gasteiger partial charge in [-0.05, 0) is 44.1 Å². The van der Waals surface area contributed by atoms with Crippen LogP contribution >= 0.6 is 0 Å². The highest BCUT2D eigenvalue weighted by Crippen LogP contribution is 2.21. The van der Waals surface area contributed by atoms with Crippen LogP contribution in [0.15, 0.2) is 24.3 Å². The molecule has 0 saturated carbocycles. The summed E-state index contributed by atoms with van der Waals surface area (Å²) in [4.78, 5) is 7.68. The third-order valence-corrected chi connectivity index (χ3v) is 5.32. The Morgan fingerprint density at radius 3 is 2.59 bits per heavy atom. The second-order valence-corrected chi connectivity index (χ2v) is 6.78. The SMILES string of the molecule is CCN1CCC(N)C(N2CCN(c3cccc(C)c3)CC2)C1. The molecule has 0 spiro atoms. The van der Waals surface area contributed by atoms with Crippen LogP contribution in [0.4, 0.5) is 5.69 Å². The molecule has 0 radical (unpaired) electrons. The molecule has 0 aromatic heterocycles. The van der Waals surface area contributed by atoms with Gasteiger partial charge in [-0.15, -0.1) is 0 Å². The fraction of sp³-hybridized carbons (Fsp3) is 0.667. The Morgan fingerprint density at radius 1 is 1.14 bits per heavy atom. The highest BCUT2D eigenvalue weighted by Gasteiger charge is 2.32. The summed E-state index contributed by atoms with van der Waals surface area (Å²) in [6.07, 6.45) is 1.14.